The molecule has 0 bridgehead atoms. The molecule has 0 fully saturated rings. The molecule has 0 radical (unpaired) electrons. The first-order chi connectivity index (χ1) is 5.43. The van der Waals surface area contributed by atoms with Gasteiger partial charge in [0.15, 0.2) is 0 Å². The summed E-state index contributed by atoms with van der Waals surface area (Å²) < 4.78 is 59.0. The van der Waals surface area contributed by atoms with Gasteiger partial charge < -0.3 is 0 Å². The van der Waals surface area contributed by atoms with Gasteiger partial charge in [-0.1, -0.05) is 39.2 Å². The van der Waals surface area contributed by atoms with Crippen molar-refractivity contribution in [2.45, 2.75) is 31.6 Å². The van der Waals surface area contributed by atoms with Crippen molar-refractivity contribution in [2.75, 3.05) is 5.75 Å². The molecule has 0 nitrogen and oxygen atoms in total. The van der Waals surface area contributed by atoms with E-state index in [1.165, 1.54) is 0 Å². The van der Waals surface area contributed by atoms with Gasteiger partial charge in [0.25, 0.3) is 10.2 Å². The minimum absolute atomic E-state index is 0.0242. The molecule has 0 N–H and O–H groups in total. The molecule has 0 heterocycles. The summed E-state index contributed by atoms with van der Waals surface area (Å²) in [5.41, 5.74) is 0. The molecule has 0 aliphatic heterocycles. The van der Waals surface area contributed by atoms with Gasteiger partial charge in [0, 0.05) is 0 Å². The van der Waals surface area contributed by atoms with Gasteiger partial charge in [-0.2, -0.15) is 0 Å². The van der Waals surface area contributed by atoms with Crippen molar-refractivity contribution in [2.24, 2.45) is 0 Å². The Morgan fingerprint density at radius 2 is 1.62 bits per heavy atom. The average molecular weight is 247 g/mol. The van der Waals surface area contributed by atoms with Gasteiger partial charge >= 0.3 is 0 Å². The van der Waals surface area contributed by atoms with E-state index in [1.54, 1.807) is 6.92 Å². The van der Waals surface area contributed by atoms with E-state index in [1.807, 2.05) is 0 Å². The highest BCUT2D eigenvalue weighted by Gasteiger charge is 2.63. The zero-order chi connectivity index (χ0) is 10.8. The molecule has 13 heavy (non-hydrogen) atoms. The lowest BCUT2D eigenvalue weighted by molar-refractivity contribution is 0.361. The predicted molar refractivity (Wildman–Crippen MR) is 47.2 cm³/mol. The first kappa shape index (κ1) is 13.3. The summed E-state index contributed by atoms with van der Waals surface area (Å²) >= 11 is 5.15. The summed E-state index contributed by atoms with van der Waals surface area (Å²) in [5, 5.41) is -1.50. The van der Waals surface area contributed by atoms with Crippen LogP contribution in [0, 0.1) is 0 Å². The molecule has 7 heteroatoms. The molecule has 0 aromatic rings. The summed E-state index contributed by atoms with van der Waals surface area (Å²) in [7, 11) is -9.29. The second kappa shape index (κ2) is 3.15. The second-order valence-corrected chi connectivity index (χ2v) is 6.24. The van der Waals surface area contributed by atoms with E-state index < -0.39 is 21.4 Å². The van der Waals surface area contributed by atoms with Crippen molar-refractivity contribution < 1.29 is 19.4 Å². The lowest BCUT2D eigenvalue weighted by atomic mass is 10.2. The van der Waals surface area contributed by atoms with Crippen molar-refractivity contribution in [3.63, 3.8) is 0 Å². The van der Waals surface area contributed by atoms with Gasteiger partial charge in [0.05, 0.1) is 5.38 Å². The fourth-order valence-corrected chi connectivity index (χ4v) is 2.57. The number of alkyl halides is 1. The van der Waals surface area contributed by atoms with Gasteiger partial charge in [0.1, 0.15) is 5.75 Å². The first-order valence-corrected chi connectivity index (χ1v) is 6.36. The van der Waals surface area contributed by atoms with Crippen LogP contribution in [0.25, 0.3) is 0 Å². The van der Waals surface area contributed by atoms with Crippen LogP contribution in [-0.2, 0) is 0 Å². The Balaban J connectivity index is 4.14. The highest BCUT2D eigenvalue weighted by Crippen LogP contribution is 2.98. The number of hydrogen-bond acceptors (Lipinski definition) is 0. The summed E-state index contributed by atoms with van der Waals surface area (Å²) in [6.45, 7) is 1.75. The average Bonchev–Trinajstić information content (AvgIpc) is 1.75. The Kier molecular flexibility index (Phi) is 3.22. The monoisotopic (exact) mass is 246 g/mol. The molecule has 0 amide bonds. The van der Waals surface area contributed by atoms with E-state index in [0.29, 0.717) is 12.8 Å². The molecule has 0 aliphatic carbocycles. The first-order valence-electron chi connectivity index (χ1n) is 3.80. The lowest BCUT2D eigenvalue weighted by Gasteiger charge is -2.41. The zero-order valence-electron chi connectivity index (χ0n) is 7.08. The summed E-state index contributed by atoms with van der Waals surface area (Å²) in [6, 6.07) is 0. The maximum absolute atomic E-state index is 11.8. The van der Waals surface area contributed by atoms with Crippen LogP contribution in [0.1, 0.15) is 26.2 Å². The van der Waals surface area contributed by atoms with E-state index in [4.69, 9.17) is 11.6 Å². The Labute approximate surface area is 79.2 Å². The SMILES string of the molecule is CCCCC(Cl)CS(F)(F)(F)(F)F. The number of rotatable bonds is 5. The summed E-state index contributed by atoms with van der Waals surface area (Å²) in [6.07, 6.45) is 1.05. The van der Waals surface area contributed by atoms with Crippen LogP contribution < -0.4 is 0 Å². The minimum atomic E-state index is -9.29. The van der Waals surface area contributed by atoms with E-state index in [2.05, 4.69) is 0 Å². The third-order valence-corrected chi connectivity index (χ3v) is 2.95. The van der Waals surface area contributed by atoms with Crippen LogP contribution in [0.4, 0.5) is 19.4 Å². The van der Waals surface area contributed by atoms with Crippen molar-refractivity contribution in [1.82, 2.24) is 0 Å². The van der Waals surface area contributed by atoms with Crippen LogP contribution in [0.3, 0.4) is 0 Å². The number of unbranched alkanes of at least 4 members (excludes halogenated alkanes) is 1. The van der Waals surface area contributed by atoms with E-state index in [-0.39, 0.29) is 6.42 Å². The smallest absolute Gasteiger partial charge is 0.122 e. The molecule has 1 unspecified atom stereocenters. The van der Waals surface area contributed by atoms with Gasteiger partial charge in [-0.25, -0.2) is 0 Å². The maximum Gasteiger partial charge on any atom is 0.287 e. The molecule has 0 aromatic carbocycles. The van der Waals surface area contributed by atoms with E-state index >= 15 is 0 Å². The molecule has 0 rings (SSSR count). The molecule has 0 aromatic heterocycles. The number of halogens is 6. The van der Waals surface area contributed by atoms with Crippen LogP contribution in [0.15, 0.2) is 0 Å². The van der Waals surface area contributed by atoms with Crippen LogP contribution in [0.2, 0.25) is 0 Å². The Hall–Kier alpha value is 0.290. The van der Waals surface area contributed by atoms with Crippen LogP contribution in [0.5, 0.6) is 0 Å². The normalized spacial score (nSPS) is 20.5. The molecule has 0 aliphatic rings. The predicted octanol–water partition coefficient (Wildman–Crippen LogP) is 5.08. The molecule has 0 spiro atoms. The Morgan fingerprint density at radius 1 is 1.15 bits per heavy atom. The van der Waals surface area contributed by atoms with Gasteiger partial charge in [0.2, 0.25) is 0 Å². The molecular formula is C6H12ClF5S. The highest BCUT2D eigenvalue weighted by molar-refractivity contribution is 8.45. The molecule has 0 saturated carbocycles. The van der Waals surface area contributed by atoms with Crippen molar-refractivity contribution in [1.29, 1.82) is 0 Å². The van der Waals surface area contributed by atoms with E-state index in [9.17, 15) is 19.4 Å². The summed E-state index contributed by atoms with van der Waals surface area (Å²) in [5.74, 6) is -2.15. The van der Waals surface area contributed by atoms with Gasteiger partial charge in [-0.3, -0.25) is 0 Å². The van der Waals surface area contributed by atoms with Gasteiger partial charge in [-0.05, 0) is 6.42 Å². The third kappa shape index (κ3) is 10.2. The topological polar surface area (TPSA) is 0 Å². The number of hydrogen-bond donors (Lipinski definition) is 0. The fraction of sp³-hybridized carbons (Fsp3) is 1.00. The van der Waals surface area contributed by atoms with Crippen molar-refractivity contribution in [3.05, 3.63) is 0 Å². The fourth-order valence-electron chi connectivity index (χ4n) is 0.851. The molecule has 84 valence electrons. The maximum atomic E-state index is 11.8. The van der Waals surface area contributed by atoms with Crippen molar-refractivity contribution >= 4 is 21.8 Å². The molecular weight excluding hydrogens is 235 g/mol. The lowest BCUT2D eigenvalue weighted by Crippen LogP contribution is -2.19. The quantitative estimate of drug-likeness (QED) is 0.469. The zero-order valence-corrected chi connectivity index (χ0v) is 8.65. The molecule has 1 atom stereocenters. The highest BCUT2D eigenvalue weighted by atomic mass is 35.5. The second-order valence-electron chi connectivity index (χ2n) is 3.03. The minimum Gasteiger partial charge on any atom is -0.122 e. The molecule has 0 saturated heterocycles. The van der Waals surface area contributed by atoms with Gasteiger partial charge in [-0.15, -0.1) is 11.6 Å². The summed E-state index contributed by atoms with van der Waals surface area (Å²) in [4.78, 5) is 0. The van der Waals surface area contributed by atoms with Crippen molar-refractivity contribution in [3.8, 4) is 0 Å². The standard InChI is InChI=1S/C6H12ClF5S/c1-2-3-4-6(7)5-13(8,9,10,11)12/h6H,2-5H2,1H3. The van der Waals surface area contributed by atoms with Crippen LogP contribution >= 0.6 is 21.8 Å². The third-order valence-electron chi connectivity index (χ3n) is 1.37. The van der Waals surface area contributed by atoms with Crippen LogP contribution in [-0.4, -0.2) is 11.1 Å². The Bertz CT molecular complexity index is 172. The Morgan fingerprint density at radius 3 is 1.92 bits per heavy atom. The van der Waals surface area contributed by atoms with E-state index in [0.717, 1.165) is 0 Å². The largest absolute Gasteiger partial charge is 0.287 e.